The van der Waals surface area contributed by atoms with Crippen molar-refractivity contribution in [1.82, 2.24) is 14.9 Å². The summed E-state index contributed by atoms with van der Waals surface area (Å²) in [5, 5.41) is 6.24. The monoisotopic (exact) mass is 347 g/mol. The zero-order chi connectivity index (χ0) is 17.9. The Bertz CT molecular complexity index is 887. The number of rotatable bonds is 5. The number of fused-ring (bicyclic) bond motifs is 1. The molecular weight excluding hydrogens is 322 g/mol. The van der Waals surface area contributed by atoms with Gasteiger partial charge in [-0.1, -0.05) is 42.5 Å². The Hall–Kier alpha value is -2.66. The van der Waals surface area contributed by atoms with Gasteiger partial charge in [0.05, 0.1) is 0 Å². The maximum atomic E-state index is 4.37. The highest BCUT2D eigenvalue weighted by atomic mass is 15.2. The van der Waals surface area contributed by atoms with Crippen molar-refractivity contribution < 1.29 is 0 Å². The molecule has 0 bridgehead atoms. The van der Waals surface area contributed by atoms with E-state index in [2.05, 4.69) is 62.6 Å². The molecule has 26 heavy (non-hydrogen) atoms. The second kappa shape index (κ2) is 7.30. The molecule has 0 radical (unpaired) electrons. The lowest BCUT2D eigenvalue weighted by Gasteiger charge is -2.19. The van der Waals surface area contributed by atoms with E-state index in [9.17, 15) is 0 Å². The topological polar surface area (TPSA) is 44.3 Å². The molecule has 134 valence electrons. The van der Waals surface area contributed by atoms with Crippen molar-refractivity contribution in [1.29, 1.82) is 0 Å². The van der Waals surface area contributed by atoms with Crippen LogP contribution in [0.15, 0.2) is 54.9 Å². The van der Waals surface area contributed by atoms with Crippen LogP contribution in [0.5, 0.6) is 0 Å². The molecule has 0 amide bonds. The van der Waals surface area contributed by atoms with Gasteiger partial charge in [-0.05, 0) is 22.8 Å². The summed E-state index contributed by atoms with van der Waals surface area (Å²) in [5.41, 5.74) is 1.40. The molecule has 5 nitrogen and oxygen atoms in total. The lowest BCUT2D eigenvalue weighted by molar-refractivity contribution is 0.330. The lowest BCUT2D eigenvalue weighted by Crippen LogP contribution is -2.26. The fourth-order valence-corrected chi connectivity index (χ4v) is 3.65. The normalized spacial score (nSPS) is 17.5. The van der Waals surface area contributed by atoms with E-state index in [4.69, 9.17) is 0 Å². The molecule has 0 spiro atoms. The van der Waals surface area contributed by atoms with Crippen molar-refractivity contribution in [2.75, 3.05) is 37.4 Å². The van der Waals surface area contributed by atoms with Gasteiger partial charge in [0.1, 0.15) is 18.0 Å². The van der Waals surface area contributed by atoms with Crippen LogP contribution in [-0.2, 0) is 6.54 Å². The molecule has 1 unspecified atom stereocenters. The van der Waals surface area contributed by atoms with E-state index in [1.807, 2.05) is 25.1 Å². The number of nitrogens with zero attached hydrogens (tertiary/aromatic N) is 4. The predicted octanol–water partition coefficient (Wildman–Crippen LogP) is 3.38. The molecule has 1 saturated heterocycles. The molecule has 1 fully saturated rings. The van der Waals surface area contributed by atoms with Gasteiger partial charge in [-0.25, -0.2) is 9.97 Å². The first kappa shape index (κ1) is 16.8. The zero-order valence-electron chi connectivity index (χ0n) is 15.4. The Kier molecular flexibility index (Phi) is 4.71. The van der Waals surface area contributed by atoms with E-state index in [-0.39, 0.29) is 0 Å². The van der Waals surface area contributed by atoms with Crippen LogP contribution < -0.4 is 10.2 Å². The second-order valence-corrected chi connectivity index (χ2v) is 7.16. The number of nitrogens with one attached hydrogen (secondary N) is 1. The van der Waals surface area contributed by atoms with E-state index in [1.165, 1.54) is 16.3 Å². The number of hydrogen-bond donors (Lipinski definition) is 1. The second-order valence-electron chi connectivity index (χ2n) is 7.16. The van der Waals surface area contributed by atoms with Gasteiger partial charge in [0.15, 0.2) is 0 Å². The summed E-state index contributed by atoms with van der Waals surface area (Å²) >= 11 is 0. The Labute approximate surface area is 154 Å². The Morgan fingerprint density at radius 2 is 1.96 bits per heavy atom. The smallest absolute Gasteiger partial charge is 0.133 e. The molecule has 5 heteroatoms. The minimum atomic E-state index is 0.426. The third kappa shape index (κ3) is 3.63. The van der Waals surface area contributed by atoms with Crippen LogP contribution in [0.1, 0.15) is 12.0 Å². The average molecular weight is 347 g/mol. The Morgan fingerprint density at radius 1 is 1.12 bits per heavy atom. The van der Waals surface area contributed by atoms with Crippen molar-refractivity contribution in [3.8, 4) is 0 Å². The van der Waals surface area contributed by atoms with E-state index in [0.717, 1.165) is 37.7 Å². The van der Waals surface area contributed by atoms with Crippen molar-refractivity contribution >= 4 is 22.4 Å². The van der Waals surface area contributed by atoms with Crippen LogP contribution in [0.4, 0.5) is 11.6 Å². The van der Waals surface area contributed by atoms with E-state index >= 15 is 0 Å². The number of aromatic nitrogens is 2. The van der Waals surface area contributed by atoms with E-state index in [1.54, 1.807) is 6.33 Å². The van der Waals surface area contributed by atoms with Crippen LogP contribution in [0, 0.1) is 0 Å². The fraction of sp³-hybridized carbons (Fsp3) is 0.333. The number of benzene rings is 2. The molecule has 1 atom stereocenters. The van der Waals surface area contributed by atoms with Gasteiger partial charge in [-0.15, -0.1) is 0 Å². The summed E-state index contributed by atoms with van der Waals surface area (Å²) in [6, 6.07) is 17.7. The van der Waals surface area contributed by atoms with Gasteiger partial charge in [0.25, 0.3) is 0 Å². The lowest BCUT2D eigenvalue weighted by atomic mass is 10.0. The third-order valence-corrected chi connectivity index (χ3v) is 5.01. The van der Waals surface area contributed by atoms with Crippen molar-refractivity contribution in [2.24, 2.45) is 0 Å². The van der Waals surface area contributed by atoms with Crippen LogP contribution >= 0.6 is 0 Å². The minimum Gasteiger partial charge on any atom is -0.366 e. The summed E-state index contributed by atoms with van der Waals surface area (Å²) in [6.45, 7) is 3.13. The van der Waals surface area contributed by atoms with Crippen LogP contribution in [-0.4, -0.2) is 48.1 Å². The molecule has 2 heterocycles. The van der Waals surface area contributed by atoms with Gasteiger partial charge < -0.3 is 10.2 Å². The largest absolute Gasteiger partial charge is 0.366 e. The van der Waals surface area contributed by atoms with Gasteiger partial charge in [0, 0.05) is 45.8 Å². The molecule has 1 N–H and O–H groups in total. The van der Waals surface area contributed by atoms with Crippen LogP contribution in [0.25, 0.3) is 10.8 Å². The first-order valence-corrected chi connectivity index (χ1v) is 9.14. The molecule has 2 aromatic carbocycles. The molecule has 4 rings (SSSR count). The quantitative estimate of drug-likeness (QED) is 0.766. The molecule has 0 saturated carbocycles. The fourth-order valence-electron chi connectivity index (χ4n) is 3.65. The zero-order valence-corrected chi connectivity index (χ0v) is 15.4. The minimum absolute atomic E-state index is 0.426. The van der Waals surface area contributed by atoms with Gasteiger partial charge in [-0.3, -0.25) is 4.90 Å². The van der Waals surface area contributed by atoms with Crippen LogP contribution in [0.2, 0.25) is 0 Å². The molecule has 1 aliphatic rings. The SMILES string of the molecule is CN(C)c1cc(NC2CCN(Cc3cccc4ccccc34)C2)ncn1. The molecule has 1 aromatic heterocycles. The van der Waals surface area contributed by atoms with Crippen molar-refractivity contribution in [3.05, 3.63) is 60.4 Å². The highest BCUT2D eigenvalue weighted by Crippen LogP contribution is 2.23. The molecular formula is C21H25N5. The summed E-state index contributed by atoms with van der Waals surface area (Å²) < 4.78 is 0. The maximum Gasteiger partial charge on any atom is 0.133 e. The van der Waals surface area contributed by atoms with Gasteiger partial charge in [-0.2, -0.15) is 0 Å². The van der Waals surface area contributed by atoms with E-state index in [0.29, 0.717) is 6.04 Å². The Balaban J connectivity index is 1.41. The number of hydrogen-bond acceptors (Lipinski definition) is 5. The first-order valence-electron chi connectivity index (χ1n) is 9.14. The van der Waals surface area contributed by atoms with Crippen molar-refractivity contribution in [2.45, 2.75) is 19.0 Å². The molecule has 3 aromatic rings. The summed E-state index contributed by atoms with van der Waals surface area (Å²) in [5.74, 6) is 1.83. The highest BCUT2D eigenvalue weighted by molar-refractivity contribution is 5.85. The first-order chi connectivity index (χ1) is 12.7. The highest BCUT2D eigenvalue weighted by Gasteiger charge is 2.23. The number of anilines is 2. The summed E-state index contributed by atoms with van der Waals surface area (Å²) in [7, 11) is 3.99. The average Bonchev–Trinajstić information content (AvgIpc) is 3.09. The molecule has 0 aliphatic carbocycles. The molecule has 1 aliphatic heterocycles. The summed E-state index contributed by atoms with van der Waals surface area (Å²) in [6.07, 6.45) is 2.76. The maximum absolute atomic E-state index is 4.37. The van der Waals surface area contributed by atoms with Gasteiger partial charge >= 0.3 is 0 Å². The van der Waals surface area contributed by atoms with E-state index < -0.39 is 0 Å². The number of likely N-dealkylation sites (tertiary alicyclic amines) is 1. The van der Waals surface area contributed by atoms with Crippen molar-refractivity contribution in [3.63, 3.8) is 0 Å². The Morgan fingerprint density at radius 3 is 2.85 bits per heavy atom. The van der Waals surface area contributed by atoms with Crippen LogP contribution in [0.3, 0.4) is 0 Å². The summed E-state index contributed by atoms with van der Waals surface area (Å²) in [4.78, 5) is 13.2. The van der Waals surface area contributed by atoms with Gasteiger partial charge in [0.2, 0.25) is 0 Å². The third-order valence-electron chi connectivity index (χ3n) is 5.01. The standard InChI is InChI=1S/C21H25N5/c1-25(2)21-12-20(22-15-23-21)24-18-10-11-26(14-18)13-17-8-5-7-16-6-3-4-9-19(16)17/h3-9,12,15,18H,10-11,13-14H2,1-2H3,(H,22,23,24). The predicted molar refractivity (Wildman–Crippen MR) is 108 cm³/mol.